The number of halogens is 4. The molecular formula is C17H16Cl3F. The minimum atomic E-state index is -0.410. The predicted octanol–water partition coefficient (Wildman–Crippen LogP) is 5.73. The number of rotatable bonds is 6. The molecule has 112 valence electrons. The molecule has 2 rings (SSSR count). The maximum atomic E-state index is 13.6. The first kappa shape index (κ1) is 16.6. The van der Waals surface area contributed by atoms with E-state index in [0.717, 1.165) is 12.0 Å². The molecule has 0 aliphatic heterocycles. The SMILES string of the molecule is Fc1cc(CC(CCl)(CCl)Cc2ccccc2)ccc1Cl. The van der Waals surface area contributed by atoms with Crippen LogP contribution in [0.3, 0.4) is 0 Å². The zero-order valence-corrected chi connectivity index (χ0v) is 13.7. The summed E-state index contributed by atoms with van der Waals surface area (Å²) in [6.45, 7) is 0. The van der Waals surface area contributed by atoms with Crippen LogP contribution >= 0.6 is 34.8 Å². The van der Waals surface area contributed by atoms with E-state index in [1.54, 1.807) is 6.07 Å². The summed E-state index contributed by atoms with van der Waals surface area (Å²) in [5.74, 6) is 0.414. The van der Waals surface area contributed by atoms with Crippen molar-refractivity contribution in [1.29, 1.82) is 0 Å². The Labute approximate surface area is 139 Å². The summed E-state index contributed by atoms with van der Waals surface area (Å²) in [6, 6.07) is 14.9. The molecule has 0 amide bonds. The van der Waals surface area contributed by atoms with E-state index >= 15 is 0 Å². The molecule has 0 unspecified atom stereocenters. The van der Waals surface area contributed by atoms with Crippen molar-refractivity contribution >= 4 is 34.8 Å². The average Bonchev–Trinajstić information content (AvgIpc) is 2.51. The van der Waals surface area contributed by atoms with Crippen LogP contribution < -0.4 is 0 Å². The molecule has 0 nitrogen and oxygen atoms in total. The molecule has 21 heavy (non-hydrogen) atoms. The Hall–Kier alpha value is -0.760. The van der Waals surface area contributed by atoms with Crippen molar-refractivity contribution in [3.63, 3.8) is 0 Å². The van der Waals surface area contributed by atoms with Gasteiger partial charge < -0.3 is 0 Å². The summed E-state index contributed by atoms with van der Waals surface area (Å²) in [5, 5.41) is 0.129. The molecule has 0 fully saturated rings. The molecule has 2 aromatic carbocycles. The summed E-state index contributed by atoms with van der Waals surface area (Å²) in [4.78, 5) is 0. The molecule has 0 aliphatic carbocycles. The number of hydrogen-bond acceptors (Lipinski definition) is 0. The average molecular weight is 346 g/mol. The van der Waals surface area contributed by atoms with E-state index < -0.39 is 5.82 Å². The molecule has 0 aliphatic rings. The highest BCUT2D eigenvalue weighted by molar-refractivity contribution is 6.30. The van der Waals surface area contributed by atoms with Crippen LogP contribution in [-0.2, 0) is 12.8 Å². The van der Waals surface area contributed by atoms with Crippen molar-refractivity contribution in [1.82, 2.24) is 0 Å². The van der Waals surface area contributed by atoms with E-state index in [1.807, 2.05) is 24.3 Å². The Bertz CT molecular complexity index is 580. The molecule has 0 aromatic heterocycles. The fourth-order valence-electron chi connectivity index (χ4n) is 2.40. The van der Waals surface area contributed by atoms with Crippen LogP contribution in [0.2, 0.25) is 5.02 Å². The highest BCUT2D eigenvalue weighted by Gasteiger charge is 2.29. The van der Waals surface area contributed by atoms with Crippen molar-refractivity contribution in [3.8, 4) is 0 Å². The van der Waals surface area contributed by atoms with Gasteiger partial charge in [-0.1, -0.05) is 48.0 Å². The quantitative estimate of drug-likeness (QED) is 0.587. The topological polar surface area (TPSA) is 0 Å². The highest BCUT2D eigenvalue weighted by Crippen LogP contribution is 2.32. The third kappa shape index (κ3) is 4.35. The minimum absolute atomic E-state index is 0.129. The van der Waals surface area contributed by atoms with E-state index in [4.69, 9.17) is 34.8 Å². The zero-order chi connectivity index (χ0) is 15.3. The van der Waals surface area contributed by atoms with Gasteiger partial charge in [-0.25, -0.2) is 4.39 Å². The van der Waals surface area contributed by atoms with Gasteiger partial charge in [-0.3, -0.25) is 0 Å². The third-order valence-electron chi connectivity index (χ3n) is 3.55. The van der Waals surface area contributed by atoms with Crippen molar-refractivity contribution in [3.05, 3.63) is 70.5 Å². The number of alkyl halides is 2. The van der Waals surface area contributed by atoms with Gasteiger partial charge in [-0.2, -0.15) is 0 Å². The van der Waals surface area contributed by atoms with E-state index in [0.29, 0.717) is 18.2 Å². The second-order valence-electron chi connectivity index (χ2n) is 5.35. The van der Waals surface area contributed by atoms with E-state index in [-0.39, 0.29) is 10.4 Å². The van der Waals surface area contributed by atoms with Gasteiger partial charge in [0.1, 0.15) is 5.82 Å². The van der Waals surface area contributed by atoms with Crippen molar-refractivity contribution in [2.45, 2.75) is 12.8 Å². The smallest absolute Gasteiger partial charge is 0.142 e. The molecule has 0 bridgehead atoms. The molecule has 0 spiro atoms. The van der Waals surface area contributed by atoms with Gasteiger partial charge in [0.05, 0.1) is 5.02 Å². The number of hydrogen-bond donors (Lipinski definition) is 0. The van der Waals surface area contributed by atoms with Gasteiger partial charge in [0, 0.05) is 17.2 Å². The molecule has 0 radical (unpaired) electrons. The molecule has 0 heterocycles. The first-order valence-electron chi connectivity index (χ1n) is 6.68. The normalized spacial score (nSPS) is 11.6. The van der Waals surface area contributed by atoms with Crippen LogP contribution in [0.15, 0.2) is 48.5 Å². The Balaban J connectivity index is 2.23. The van der Waals surface area contributed by atoms with Gasteiger partial charge in [0.15, 0.2) is 0 Å². The lowest BCUT2D eigenvalue weighted by molar-refractivity contribution is 0.373. The highest BCUT2D eigenvalue weighted by atomic mass is 35.5. The first-order valence-corrected chi connectivity index (χ1v) is 8.13. The van der Waals surface area contributed by atoms with E-state index in [2.05, 4.69) is 12.1 Å². The summed E-state index contributed by atoms with van der Waals surface area (Å²) >= 11 is 18.1. The lowest BCUT2D eigenvalue weighted by Gasteiger charge is -2.30. The lowest BCUT2D eigenvalue weighted by Crippen LogP contribution is -2.31. The molecule has 4 heteroatoms. The van der Waals surface area contributed by atoms with Crippen molar-refractivity contribution < 1.29 is 4.39 Å². The van der Waals surface area contributed by atoms with Crippen LogP contribution in [0, 0.1) is 11.2 Å². The van der Waals surface area contributed by atoms with E-state index in [9.17, 15) is 4.39 Å². The Kier molecular flexibility index (Phi) is 5.92. The second kappa shape index (κ2) is 7.49. The van der Waals surface area contributed by atoms with Gasteiger partial charge >= 0.3 is 0 Å². The number of benzene rings is 2. The zero-order valence-electron chi connectivity index (χ0n) is 11.5. The van der Waals surface area contributed by atoms with Crippen LogP contribution in [0.4, 0.5) is 4.39 Å². The maximum Gasteiger partial charge on any atom is 0.142 e. The Morgan fingerprint density at radius 3 is 2.05 bits per heavy atom. The van der Waals surface area contributed by atoms with Gasteiger partial charge in [-0.15, -0.1) is 23.2 Å². The van der Waals surface area contributed by atoms with Crippen molar-refractivity contribution in [2.24, 2.45) is 5.41 Å². The molecule has 2 aromatic rings. The fourth-order valence-corrected chi connectivity index (χ4v) is 3.18. The Morgan fingerprint density at radius 2 is 1.48 bits per heavy atom. The molecule has 0 saturated carbocycles. The lowest BCUT2D eigenvalue weighted by atomic mass is 9.80. The summed E-state index contributed by atoms with van der Waals surface area (Å²) in [7, 11) is 0. The van der Waals surface area contributed by atoms with Crippen molar-refractivity contribution in [2.75, 3.05) is 11.8 Å². The largest absolute Gasteiger partial charge is 0.205 e. The van der Waals surface area contributed by atoms with Crippen LogP contribution in [0.25, 0.3) is 0 Å². The maximum absolute atomic E-state index is 13.6. The van der Waals surface area contributed by atoms with Crippen LogP contribution in [-0.4, -0.2) is 11.8 Å². The third-order valence-corrected chi connectivity index (χ3v) is 4.99. The molecule has 0 atom stereocenters. The summed E-state index contributed by atoms with van der Waals surface area (Å²) < 4.78 is 13.6. The Morgan fingerprint density at radius 1 is 0.857 bits per heavy atom. The van der Waals surface area contributed by atoms with Gasteiger partial charge in [0.2, 0.25) is 0 Å². The van der Waals surface area contributed by atoms with Crippen LogP contribution in [0.5, 0.6) is 0 Å². The molecule has 0 N–H and O–H groups in total. The van der Waals surface area contributed by atoms with Gasteiger partial charge in [-0.05, 0) is 36.1 Å². The molecular weight excluding hydrogens is 330 g/mol. The summed E-state index contributed by atoms with van der Waals surface area (Å²) in [6.07, 6.45) is 1.37. The molecule has 0 saturated heterocycles. The van der Waals surface area contributed by atoms with Crippen LogP contribution in [0.1, 0.15) is 11.1 Å². The monoisotopic (exact) mass is 344 g/mol. The predicted molar refractivity (Wildman–Crippen MR) is 89.1 cm³/mol. The fraction of sp³-hybridized carbons (Fsp3) is 0.294. The second-order valence-corrected chi connectivity index (χ2v) is 6.30. The summed E-state index contributed by atoms with van der Waals surface area (Å²) in [5.41, 5.74) is 1.73. The standard InChI is InChI=1S/C17H16Cl3F/c18-11-17(12-19,9-13-4-2-1-3-5-13)10-14-6-7-15(20)16(21)8-14/h1-8H,9-12H2. The van der Waals surface area contributed by atoms with Gasteiger partial charge in [0.25, 0.3) is 0 Å². The van der Waals surface area contributed by atoms with E-state index in [1.165, 1.54) is 11.6 Å². The first-order chi connectivity index (χ1) is 10.1. The minimum Gasteiger partial charge on any atom is -0.205 e.